The Morgan fingerprint density at radius 2 is 1.89 bits per heavy atom. The number of aliphatic hydroxyl groups is 1. The van der Waals surface area contributed by atoms with E-state index in [1.54, 1.807) is 0 Å². The number of amides is 1. The van der Waals surface area contributed by atoms with Crippen LogP contribution in [0.2, 0.25) is 0 Å². The van der Waals surface area contributed by atoms with Crippen molar-refractivity contribution in [3.63, 3.8) is 0 Å². The number of halogens is 3. The van der Waals surface area contributed by atoms with E-state index in [0.29, 0.717) is 5.56 Å². The summed E-state index contributed by atoms with van der Waals surface area (Å²) in [6, 6.07) is 10.6. The Labute approximate surface area is 171 Å². The highest BCUT2D eigenvalue weighted by molar-refractivity contribution is 9.10. The van der Waals surface area contributed by atoms with Crippen LogP contribution in [0.5, 0.6) is 0 Å². The second-order valence-electron chi connectivity index (χ2n) is 7.33. The normalized spacial score (nSPS) is 17.0. The van der Waals surface area contributed by atoms with Gasteiger partial charge in [0.05, 0.1) is 12.1 Å². The van der Waals surface area contributed by atoms with Crippen molar-refractivity contribution in [3.8, 4) is 0 Å². The van der Waals surface area contributed by atoms with Crippen LogP contribution >= 0.6 is 15.9 Å². The Morgan fingerprint density at radius 3 is 2.46 bits per heavy atom. The molecule has 1 fully saturated rings. The summed E-state index contributed by atoms with van der Waals surface area (Å²) in [6.45, 7) is 1.60. The third-order valence-electron chi connectivity index (χ3n) is 5.01. The maximum absolute atomic E-state index is 13.5. The van der Waals surface area contributed by atoms with Crippen molar-refractivity contribution >= 4 is 21.8 Å². The molecule has 0 bridgehead atoms. The zero-order valence-corrected chi connectivity index (χ0v) is 17.1. The van der Waals surface area contributed by atoms with Gasteiger partial charge in [-0.1, -0.05) is 28.1 Å². The molecule has 2 unspecified atom stereocenters. The van der Waals surface area contributed by atoms with Gasteiger partial charge in [0.15, 0.2) is 0 Å². The minimum absolute atomic E-state index is 0.126. The molecule has 0 heterocycles. The number of carbonyl (C=O) groups is 1. The van der Waals surface area contributed by atoms with E-state index < -0.39 is 23.8 Å². The molecule has 2 aromatic rings. The number of hydrogen-bond acceptors (Lipinski definition) is 3. The molecule has 2 atom stereocenters. The molecule has 3 N–H and O–H groups in total. The van der Waals surface area contributed by atoms with Crippen molar-refractivity contribution in [2.75, 3.05) is 6.54 Å². The average Bonchev–Trinajstić information content (AvgIpc) is 3.39. The van der Waals surface area contributed by atoms with Crippen LogP contribution in [-0.4, -0.2) is 29.7 Å². The third kappa shape index (κ3) is 5.37. The summed E-state index contributed by atoms with van der Waals surface area (Å²) in [5.41, 5.74) is 1.33. The van der Waals surface area contributed by atoms with Crippen molar-refractivity contribution < 1.29 is 18.7 Å². The summed E-state index contributed by atoms with van der Waals surface area (Å²) in [6.07, 6.45) is 1.12. The molecule has 4 nitrogen and oxygen atoms in total. The standard InChI is InChI=1S/C21H23BrF2N2O2/c1-13(27)26-19(9-14-7-17(23)11-18(24)8-14)20(28)12-25-21(5-6-21)15-3-2-4-16(22)10-15/h2-4,7-8,10-11,19-20,25,28H,5-6,9,12H2,1H3,(H,26,27). The fraction of sp³-hybridized carbons (Fsp3) is 0.381. The lowest BCUT2D eigenvalue weighted by molar-refractivity contribution is -0.120. The van der Waals surface area contributed by atoms with Crippen molar-refractivity contribution in [3.05, 3.63) is 69.7 Å². The van der Waals surface area contributed by atoms with Gasteiger partial charge in [0, 0.05) is 29.5 Å². The molecule has 1 aliphatic carbocycles. The Morgan fingerprint density at radius 1 is 1.21 bits per heavy atom. The van der Waals surface area contributed by atoms with Gasteiger partial charge in [0.2, 0.25) is 5.91 Å². The molecule has 0 radical (unpaired) electrons. The van der Waals surface area contributed by atoms with E-state index in [4.69, 9.17) is 0 Å². The van der Waals surface area contributed by atoms with E-state index in [2.05, 4.69) is 26.6 Å². The molecule has 1 saturated carbocycles. The van der Waals surface area contributed by atoms with E-state index in [1.807, 2.05) is 24.3 Å². The molecule has 1 amide bonds. The maximum atomic E-state index is 13.5. The van der Waals surface area contributed by atoms with Crippen molar-refractivity contribution in [1.82, 2.24) is 10.6 Å². The van der Waals surface area contributed by atoms with Crippen molar-refractivity contribution in [2.24, 2.45) is 0 Å². The van der Waals surface area contributed by atoms with Crippen LogP contribution in [-0.2, 0) is 16.8 Å². The second-order valence-corrected chi connectivity index (χ2v) is 8.25. The molecular weight excluding hydrogens is 430 g/mol. The van der Waals surface area contributed by atoms with Gasteiger partial charge in [-0.3, -0.25) is 4.79 Å². The van der Waals surface area contributed by atoms with E-state index >= 15 is 0 Å². The topological polar surface area (TPSA) is 61.4 Å². The van der Waals surface area contributed by atoms with Crippen LogP contribution in [0.25, 0.3) is 0 Å². The number of nitrogens with one attached hydrogen (secondary N) is 2. The minimum Gasteiger partial charge on any atom is -0.390 e. The lowest BCUT2D eigenvalue weighted by Crippen LogP contribution is -2.49. The number of benzene rings is 2. The second kappa shape index (κ2) is 8.68. The van der Waals surface area contributed by atoms with Crippen LogP contribution in [0.3, 0.4) is 0 Å². The first-order valence-corrected chi connectivity index (χ1v) is 9.98. The molecule has 28 heavy (non-hydrogen) atoms. The van der Waals surface area contributed by atoms with Gasteiger partial charge in [-0.15, -0.1) is 0 Å². The van der Waals surface area contributed by atoms with Crippen LogP contribution < -0.4 is 10.6 Å². The number of rotatable bonds is 8. The van der Waals surface area contributed by atoms with E-state index in [0.717, 1.165) is 28.9 Å². The smallest absolute Gasteiger partial charge is 0.217 e. The lowest BCUT2D eigenvalue weighted by atomic mass is 9.99. The Balaban J connectivity index is 1.68. The SMILES string of the molecule is CC(=O)NC(Cc1cc(F)cc(F)c1)C(O)CNC1(c2cccc(Br)c2)CC1. The summed E-state index contributed by atoms with van der Waals surface area (Å²) in [5, 5.41) is 16.8. The van der Waals surface area contributed by atoms with Crippen molar-refractivity contribution in [2.45, 2.75) is 43.9 Å². The molecule has 0 spiro atoms. The largest absolute Gasteiger partial charge is 0.390 e. The maximum Gasteiger partial charge on any atom is 0.217 e. The summed E-state index contributed by atoms with van der Waals surface area (Å²) in [5.74, 6) is -1.68. The van der Waals surface area contributed by atoms with Gasteiger partial charge in [0.1, 0.15) is 11.6 Å². The zero-order valence-electron chi connectivity index (χ0n) is 15.5. The van der Waals surface area contributed by atoms with Crippen LogP contribution in [0.15, 0.2) is 46.9 Å². The van der Waals surface area contributed by atoms with Gasteiger partial charge in [0.25, 0.3) is 0 Å². The van der Waals surface area contributed by atoms with E-state index in [-0.39, 0.29) is 24.4 Å². The van der Waals surface area contributed by atoms with Crippen molar-refractivity contribution in [1.29, 1.82) is 0 Å². The average molecular weight is 453 g/mol. The molecule has 2 aromatic carbocycles. The molecule has 0 aromatic heterocycles. The highest BCUT2D eigenvalue weighted by atomic mass is 79.9. The number of carbonyl (C=O) groups excluding carboxylic acids is 1. The molecule has 0 aliphatic heterocycles. The predicted octanol–water partition coefficient (Wildman–Crippen LogP) is 3.41. The Hall–Kier alpha value is -1.83. The number of hydrogen-bond donors (Lipinski definition) is 3. The highest BCUT2D eigenvalue weighted by Gasteiger charge is 2.44. The predicted molar refractivity (Wildman–Crippen MR) is 107 cm³/mol. The highest BCUT2D eigenvalue weighted by Crippen LogP contribution is 2.45. The van der Waals surface area contributed by atoms with E-state index in [9.17, 15) is 18.7 Å². The summed E-state index contributed by atoms with van der Waals surface area (Å²) in [7, 11) is 0. The molecule has 0 saturated heterocycles. The fourth-order valence-corrected chi connectivity index (χ4v) is 3.85. The third-order valence-corrected chi connectivity index (χ3v) is 5.50. The molecule has 7 heteroatoms. The molecule has 150 valence electrons. The van der Waals surface area contributed by atoms with Crippen LogP contribution in [0.1, 0.15) is 30.9 Å². The van der Waals surface area contributed by atoms with Gasteiger partial charge in [-0.25, -0.2) is 8.78 Å². The Kier molecular flexibility index (Phi) is 6.47. The molecular formula is C21H23BrF2N2O2. The minimum atomic E-state index is -0.917. The molecule has 1 aliphatic rings. The summed E-state index contributed by atoms with van der Waals surface area (Å²) >= 11 is 3.48. The quantitative estimate of drug-likeness (QED) is 0.574. The monoisotopic (exact) mass is 452 g/mol. The first kappa shape index (κ1) is 20.9. The van der Waals surface area contributed by atoms with Crippen LogP contribution in [0.4, 0.5) is 8.78 Å². The van der Waals surface area contributed by atoms with E-state index in [1.165, 1.54) is 19.1 Å². The molecule has 3 rings (SSSR count). The van der Waals surface area contributed by atoms with Gasteiger partial charge < -0.3 is 15.7 Å². The first-order valence-electron chi connectivity index (χ1n) is 9.19. The van der Waals surface area contributed by atoms with Gasteiger partial charge in [-0.2, -0.15) is 0 Å². The van der Waals surface area contributed by atoms with Gasteiger partial charge >= 0.3 is 0 Å². The lowest BCUT2D eigenvalue weighted by Gasteiger charge is -2.27. The first-order chi connectivity index (χ1) is 13.3. The van der Waals surface area contributed by atoms with Gasteiger partial charge in [-0.05, 0) is 54.7 Å². The fourth-order valence-electron chi connectivity index (χ4n) is 3.45. The summed E-state index contributed by atoms with van der Waals surface area (Å²) < 4.78 is 27.9. The van der Waals surface area contributed by atoms with Crippen LogP contribution in [0, 0.1) is 11.6 Å². The summed E-state index contributed by atoms with van der Waals surface area (Å²) in [4.78, 5) is 11.6. The Bertz CT molecular complexity index is 838. The number of aliphatic hydroxyl groups excluding tert-OH is 1. The zero-order chi connectivity index (χ0) is 20.3.